The number of hydrogen-bond donors (Lipinski definition) is 1. The van der Waals surface area contributed by atoms with Gasteiger partial charge in [0.05, 0.1) is 4.90 Å². The minimum Gasteiger partial charge on any atom is -0.324 e. The summed E-state index contributed by atoms with van der Waals surface area (Å²) in [6.07, 6.45) is 4.47. The number of pyridine rings is 1. The number of amides is 1. The van der Waals surface area contributed by atoms with Gasteiger partial charge in [-0.05, 0) is 42.9 Å². The predicted octanol–water partition coefficient (Wildman–Crippen LogP) is 2.40. The van der Waals surface area contributed by atoms with Gasteiger partial charge in [0.1, 0.15) is 6.54 Å². The van der Waals surface area contributed by atoms with Crippen molar-refractivity contribution in [1.29, 1.82) is 0 Å². The average molecular weight is 418 g/mol. The molecule has 2 heterocycles. The summed E-state index contributed by atoms with van der Waals surface area (Å²) in [6.45, 7) is 4.75. The Labute approximate surface area is 171 Å². The molecule has 0 bridgehead atoms. The Balaban J connectivity index is 1.84. The van der Waals surface area contributed by atoms with E-state index in [0.29, 0.717) is 13.1 Å². The summed E-state index contributed by atoms with van der Waals surface area (Å²) in [5, 5.41) is 2.91. The molecule has 0 saturated carbocycles. The van der Waals surface area contributed by atoms with E-state index in [1.807, 2.05) is 32.0 Å². The van der Waals surface area contributed by atoms with E-state index in [9.17, 15) is 18.0 Å². The highest BCUT2D eigenvalue weighted by atomic mass is 32.2. The largest absolute Gasteiger partial charge is 0.324 e. The summed E-state index contributed by atoms with van der Waals surface area (Å²) >= 11 is 0. The second kappa shape index (κ2) is 8.92. The van der Waals surface area contributed by atoms with Crippen molar-refractivity contribution in [3.05, 3.63) is 58.0 Å². The Kier molecular flexibility index (Phi) is 6.54. The molecule has 156 valence electrons. The van der Waals surface area contributed by atoms with Crippen LogP contribution >= 0.6 is 0 Å². The number of nitrogens with zero attached hydrogens (tertiary/aromatic N) is 2. The summed E-state index contributed by atoms with van der Waals surface area (Å²) < 4.78 is 28.1. The van der Waals surface area contributed by atoms with Crippen LogP contribution in [0.4, 0.5) is 5.69 Å². The number of carbonyl (C=O) groups is 1. The van der Waals surface area contributed by atoms with Gasteiger partial charge >= 0.3 is 0 Å². The van der Waals surface area contributed by atoms with Crippen molar-refractivity contribution < 1.29 is 13.2 Å². The standard InChI is InChI=1S/C21H27N3O4S/c1-3-16-8-7-9-17(4-2)21(16)22-19(25)15-23-14-18(10-11-20(23)26)29(27,28)24-12-5-6-13-24/h7-11,14H,3-6,12-13,15H2,1-2H3,(H,22,25). The van der Waals surface area contributed by atoms with E-state index in [-0.39, 0.29) is 17.3 Å². The predicted molar refractivity (Wildman–Crippen MR) is 113 cm³/mol. The monoisotopic (exact) mass is 417 g/mol. The highest BCUT2D eigenvalue weighted by Crippen LogP contribution is 2.23. The van der Waals surface area contributed by atoms with Crippen LogP contribution in [0.5, 0.6) is 0 Å². The highest BCUT2D eigenvalue weighted by molar-refractivity contribution is 7.89. The minimum absolute atomic E-state index is 0.0370. The molecule has 0 spiro atoms. The van der Waals surface area contributed by atoms with Gasteiger partial charge in [-0.1, -0.05) is 32.0 Å². The van der Waals surface area contributed by atoms with Crippen LogP contribution in [0.1, 0.15) is 37.8 Å². The number of nitrogens with one attached hydrogen (secondary N) is 1. The fourth-order valence-corrected chi connectivity index (χ4v) is 5.14. The van der Waals surface area contributed by atoms with E-state index in [2.05, 4.69) is 5.32 Å². The smallest absolute Gasteiger partial charge is 0.251 e. The molecular formula is C21H27N3O4S. The van der Waals surface area contributed by atoms with E-state index in [1.54, 1.807) is 0 Å². The van der Waals surface area contributed by atoms with Gasteiger partial charge in [0.25, 0.3) is 5.56 Å². The van der Waals surface area contributed by atoms with Gasteiger partial charge in [0.2, 0.25) is 15.9 Å². The molecule has 0 radical (unpaired) electrons. The molecule has 1 fully saturated rings. The molecule has 1 aliphatic rings. The number of para-hydroxylation sites is 1. The Morgan fingerprint density at radius 2 is 1.66 bits per heavy atom. The molecular weight excluding hydrogens is 390 g/mol. The number of benzene rings is 1. The molecule has 1 aromatic heterocycles. The molecule has 1 aromatic carbocycles. The van der Waals surface area contributed by atoms with E-state index >= 15 is 0 Å². The first-order chi connectivity index (χ1) is 13.9. The summed E-state index contributed by atoms with van der Waals surface area (Å²) in [7, 11) is -3.65. The molecule has 1 N–H and O–H groups in total. The molecule has 0 unspecified atom stereocenters. The maximum absolute atomic E-state index is 12.8. The van der Waals surface area contributed by atoms with Gasteiger partial charge in [0, 0.05) is 31.0 Å². The fourth-order valence-electron chi connectivity index (χ4n) is 3.60. The van der Waals surface area contributed by atoms with Crippen molar-refractivity contribution in [3.63, 3.8) is 0 Å². The quantitative estimate of drug-likeness (QED) is 0.749. The number of rotatable bonds is 7. The number of anilines is 1. The van der Waals surface area contributed by atoms with Crippen molar-refractivity contribution in [3.8, 4) is 0 Å². The summed E-state index contributed by atoms with van der Waals surface area (Å²) in [5.74, 6) is -0.363. The third-order valence-corrected chi connectivity index (χ3v) is 7.12. The van der Waals surface area contributed by atoms with Crippen molar-refractivity contribution in [2.45, 2.75) is 51.0 Å². The summed E-state index contributed by atoms with van der Waals surface area (Å²) in [5.41, 5.74) is 2.40. The van der Waals surface area contributed by atoms with Gasteiger partial charge in [-0.2, -0.15) is 4.31 Å². The Morgan fingerprint density at radius 3 is 2.24 bits per heavy atom. The maximum atomic E-state index is 12.8. The molecule has 2 aromatic rings. The maximum Gasteiger partial charge on any atom is 0.251 e. The van der Waals surface area contributed by atoms with E-state index in [1.165, 1.54) is 22.6 Å². The second-order valence-corrected chi connectivity index (χ2v) is 9.09. The van der Waals surface area contributed by atoms with Crippen LogP contribution in [-0.4, -0.2) is 36.3 Å². The van der Waals surface area contributed by atoms with Crippen molar-refractivity contribution in [2.24, 2.45) is 0 Å². The number of sulfonamides is 1. The first-order valence-corrected chi connectivity index (χ1v) is 11.4. The van der Waals surface area contributed by atoms with Crippen molar-refractivity contribution in [1.82, 2.24) is 8.87 Å². The molecule has 0 atom stereocenters. The lowest BCUT2D eigenvalue weighted by Crippen LogP contribution is -2.31. The van der Waals surface area contributed by atoms with Gasteiger partial charge in [-0.15, -0.1) is 0 Å². The van der Waals surface area contributed by atoms with Crippen molar-refractivity contribution >= 4 is 21.6 Å². The van der Waals surface area contributed by atoms with Crippen LogP contribution < -0.4 is 10.9 Å². The van der Waals surface area contributed by atoms with Crippen LogP contribution in [0.3, 0.4) is 0 Å². The van der Waals surface area contributed by atoms with Crippen LogP contribution in [-0.2, 0) is 34.2 Å². The van der Waals surface area contributed by atoms with Gasteiger partial charge in [0.15, 0.2) is 0 Å². The summed E-state index contributed by atoms with van der Waals surface area (Å²) in [4.78, 5) is 24.9. The van der Waals surface area contributed by atoms with Crippen LogP contribution in [0.15, 0.2) is 46.2 Å². The first kappa shape index (κ1) is 21.3. The van der Waals surface area contributed by atoms with E-state index in [0.717, 1.165) is 47.1 Å². The highest BCUT2D eigenvalue weighted by Gasteiger charge is 2.27. The van der Waals surface area contributed by atoms with Crippen molar-refractivity contribution in [2.75, 3.05) is 18.4 Å². The molecule has 7 nitrogen and oxygen atoms in total. The molecule has 3 rings (SSSR count). The molecule has 0 aliphatic carbocycles. The van der Waals surface area contributed by atoms with E-state index < -0.39 is 15.6 Å². The normalized spacial score (nSPS) is 14.8. The first-order valence-electron chi connectivity index (χ1n) is 9.98. The molecule has 8 heteroatoms. The third-order valence-electron chi connectivity index (χ3n) is 5.24. The molecule has 1 amide bonds. The zero-order valence-corrected chi connectivity index (χ0v) is 17.7. The Hall–Kier alpha value is -2.45. The Morgan fingerprint density at radius 1 is 1.03 bits per heavy atom. The number of aryl methyl sites for hydroxylation is 2. The number of carbonyl (C=O) groups excluding carboxylic acids is 1. The van der Waals surface area contributed by atoms with Crippen LogP contribution in [0, 0.1) is 0 Å². The number of aromatic nitrogens is 1. The van der Waals surface area contributed by atoms with E-state index in [4.69, 9.17) is 0 Å². The fraction of sp³-hybridized carbons (Fsp3) is 0.429. The lowest BCUT2D eigenvalue weighted by Gasteiger charge is -2.17. The topological polar surface area (TPSA) is 88.5 Å². The summed E-state index contributed by atoms with van der Waals surface area (Å²) in [6, 6.07) is 8.40. The van der Waals surface area contributed by atoms with Gasteiger partial charge < -0.3 is 9.88 Å². The minimum atomic E-state index is -3.65. The van der Waals surface area contributed by atoms with Gasteiger partial charge in [-0.3, -0.25) is 9.59 Å². The lowest BCUT2D eigenvalue weighted by atomic mass is 10.0. The molecule has 1 saturated heterocycles. The lowest BCUT2D eigenvalue weighted by molar-refractivity contribution is -0.116. The zero-order valence-electron chi connectivity index (χ0n) is 16.8. The zero-order chi connectivity index (χ0) is 21.0. The van der Waals surface area contributed by atoms with Crippen LogP contribution in [0.25, 0.3) is 0 Å². The second-order valence-electron chi connectivity index (χ2n) is 7.15. The Bertz CT molecular complexity index is 1030. The molecule has 1 aliphatic heterocycles. The molecule has 29 heavy (non-hydrogen) atoms. The van der Waals surface area contributed by atoms with Gasteiger partial charge in [-0.25, -0.2) is 8.42 Å². The SMILES string of the molecule is CCc1cccc(CC)c1NC(=O)Cn1cc(S(=O)(=O)N2CCCC2)ccc1=O. The van der Waals surface area contributed by atoms with Crippen LogP contribution in [0.2, 0.25) is 0 Å². The third kappa shape index (κ3) is 4.59. The average Bonchev–Trinajstić information content (AvgIpc) is 3.25. The number of hydrogen-bond acceptors (Lipinski definition) is 4.